The molecule has 0 saturated heterocycles. The molecule has 6 heteroatoms. The molecule has 0 aromatic carbocycles. The lowest BCUT2D eigenvalue weighted by atomic mass is 10.5. The van der Waals surface area contributed by atoms with Crippen molar-refractivity contribution in [2.45, 2.75) is 31.1 Å². The van der Waals surface area contributed by atoms with E-state index in [-0.39, 0.29) is 5.25 Å². The number of guanidine groups is 1. The van der Waals surface area contributed by atoms with Crippen LogP contribution in [0.25, 0.3) is 0 Å². The van der Waals surface area contributed by atoms with Crippen molar-refractivity contribution in [1.29, 1.82) is 0 Å². The molecule has 0 amide bonds. The van der Waals surface area contributed by atoms with Gasteiger partial charge >= 0.3 is 0 Å². The first-order chi connectivity index (χ1) is 6.63. The van der Waals surface area contributed by atoms with Crippen molar-refractivity contribution < 1.29 is 4.21 Å². The third-order valence-corrected chi connectivity index (χ3v) is 3.41. The van der Waals surface area contributed by atoms with Crippen LogP contribution in [0, 0.1) is 0 Å². The van der Waals surface area contributed by atoms with E-state index in [1.807, 2.05) is 6.92 Å². The minimum Gasteiger partial charge on any atom is -0.353 e. The summed E-state index contributed by atoms with van der Waals surface area (Å²) in [4.78, 5) is 4.22. The maximum Gasteiger partial charge on any atom is 0.205 e. The maximum absolute atomic E-state index is 11.0. The molecule has 14 heavy (non-hydrogen) atoms. The number of hydrazine groups is 1. The van der Waals surface area contributed by atoms with Crippen LogP contribution in [0.5, 0.6) is 0 Å². The molecule has 2 unspecified atom stereocenters. The van der Waals surface area contributed by atoms with Crippen molar-refractivity contribution in [1.82, 2.24) is 10.7 Å². The lowest BCUT2D eigenvalue weighted by Crippen LogP contribution is -2.43. The molecule has 1 saturated carbocycles. The fourth-order valence-electron chi connectivity index (χ4n) is 0.879. The van der Waals surface area contributed by atoms with Gasteiger partial charge in [0, 0.05) is 23.1 Å². The van der Waals surface area contributed by atoms with E-state index in [9.17, 15) is 4.21 Å². The van der Waals surface area contributed by atoms with E-state index in [2.05, 4.69) is 15.7 Å². The highest BCUT2D eigenvalue weighted by molar-refractivity contribution is 7.84. The molecular formula is C8H18N4OS. The van der Waals surface area contributed by atoms with Gasteiger partial charge in [-0.2, -0.15) is 0 Å². The van der Waals surface area contributed by atoms with Gasteiger partial charge in [0.25, 0.3) is 0 Å². The van der Waals surface area contributed by atoms with Gasteiger partial charge in [0.2, 0.25) is 5.96 Å². The van der Waals surface area contributed by atoms with Gasteiger partial charge in [-0.15, -0.1) is 0 Å². The van der Waals surface area contributed by atoms with Crippen molar-refractivity contribution >= 4 is 16.8 Å². The second kappa shape index (κ2) is 5.31. The summed E-state index contributed by atoms with van der Waals surface area (Å²) in [6.07, 6.45) is 4.04. The van der Waals surface area contributed by atoms with E-state index in [0.717, 1.165) is 0 Å². The predicted octanol–water partition coefficient (Wildman–Crippen LogP) is -0.675. The van der Waals surface area contributed by atoms with Crippen molar-refractivity contribution in [3.8, 4) is 0 Å². The molecule has 1 rings (SSSR count). The van der Waals surface area contributed by atoms with E-state index in [1.165, 1.54) is 12.8 Å². The summed E-state index contributed by atoms with van der Waals surface area (Å²) in [6.45, 7) is 2.44. The number of aliphatic imine (C=N–C) groups is 1. The molecule has 5 nitrogen and oxygen atoms in total. The molecule has 2 atom stereocenters. The Balaban J connectivity index is 2.33. The summed E-state index contributed by atoms with van der Waals surface area (Å²) in [5.41, 5.74) is 2.51. The second-order valence-corrected chi connectivity index (χ2v) is 5.36. The lowest BCUT2D eigenvalue weighted by Gasteiger charge is -2.09. The Morgan fingerprint density at radius 3 is 2.79 bits per heavy atom. The Morgan fingerprint density at radius 2 is 2.36 bits per heavy atom. The zero-order valence-corrected chi connectivity index (χ0v) is 9.43. The molecule has 0 aromatic rings. The molecule has 1 fully saturated rings. The Bertz CT molecular complexity index is 239. The van der Waals surface area contributed by atoms with Gasteiger partial charge in [-0.1, -0.05) is 0 Å². The topological polar surface area (TPSA) is 79.5 Å². The van der Waals surface area contributed by atoms with E-state index >= 15 is 0 Å². The zero-order valence-electron chi connectivity index (χ0n) is 8.62. The number of rotatable bonds is 4. The van der Waals surface area contributed by atoms with E-state index in [4.69, 9.17) is 5.84 Å². The van der Waals surface area contributed by atoms with Crippen molar-refractivity contribution in [2.24, 2.45) is 10.8 Å². The van der Waals surface area contributed by atoms with Crippen LogP contribution in [-0.4, -0.2) is 34.3 Å². The van der Waals surface area contributed by atoms with Crippen molar-refractivity contribution in [3.63, 3.8) is 0 Å². The van der Waals surface area contributed by atoms with Crippen LogP contribution in [0.15, 0.2) is 4.99 Å². The Labute approximate surface area is 87.0 Å². The smallest absolute Gasteiger partial charge is 0.205 e. The van der Waals surface area contributed by atoms with Crippen LogP contribution in [0.1, 0.15) is 19.8 Å². The molecule has 0 aromatic heterocycles. The first kappa shape index (κ1) is 11.5. The third kappa shape index (κ3) is 4.06. The Morgan fingerprint density at radius 1 is 1.71 bits per heavy atom. The lowest BCUT2D eigenvalue weighted by molar-refractivity contribution is 0.677. The van der Waals surface area contributed by atoms with Crippen molar-refractivity contribution in [3.05, 3.63) is 0 Å². The maximum atomic E-state index is 11.0. The third-order valence-electron chi connectivity index (χ3n) is 2.13. The Kier molecular flexibility index (Phi) is 4.34. The second-order valence-electron chi connectivity index (χ2n) is 3.56. The van der Waals surface area contributed by atoms with Gasteiger partial charge in [0.15, 0.2) is 0 Å². The molecular weight excluding hydrogens is 200 g/mol. The van der Waals surface area contributed by atoms with Gasteiger partial charge in [-0.25, -0.2) is 5.84 Å². The largest absolute Gasteiger partial charge is 0.353 e. The number of nitrogens with one attached hydrogen (secondary N) is 2. The summed E-state index contributed by atoms with van der Waals surface area (Å²) in [7, 11) is -0.829. The van der Waals surface area contributed by atoms with E-state index < -0.39 is 10.8 Å². The summed E-state index contributed by atoms with van der Waals surface area (Å²) >= 11 is 0. The molecule has 0 bridgehead atoms. The highest BCUT2D eigenvalue weighted by atomic mass is 32.2. The molecule has 0 heterocycles. The van der Waals surface area contributed by atoms with Crippen LogP contribution >= 0.6 is 0 Å². The molecule has 0 aliphatic heterocycles. The number of nitrogens with zero attached hydrogens (tertiary/aromatic N) is 1. The molecule has 1 aliphatic rings. The fourth-order valence-corrected chi connectivity index (χ4v) is 1.16. The Hall–Kier alpha value is -0.620. The average Bonchev–Trinajstić information content (AvgIpc) is 2.95. The average molecular weight is 218 g/mol. The number of nitrogens with two attached hydrogens (primary N) is 1. The monoisotopic (exact) mass is 218 g/mol. The predicted molar refractivity (Wildman–Crippen MR) is 59.3 cm³/mol. The number of hydrogen-bond donors (Lipinski definition) is 3. The summed E-state index contributed by atoms with van der Waals surface area (Å²) in [5, 5.41) is 3.22. The van der Waals surface area contributed by atoms with E-state index in [1.54, 1.807) is 6.26 Å². The van der Waals surface area contributed by atoms with Gasteiger partial charge in [-0.3, -0.25) is 14.6 Å². The van der Waals surface area contributed by atoms with Gasteiger partial charge in [0.05, 0.1) is 11.8 Å². The summed E-state index contributed by atoms with van der Waals surface area (Å²) < 4.78 is 11.0. The van der Waals surface area contributed by atoms with Crippen LogP contribution in [0.3, 0.4) is 0 Å². The van der Waals surface area contributed by atoms with Gasteiger partial charge in [0.1, 0.15) is 0 Å². The molecule has 0 spiro atoms. The van der Waals surface area contributed by atoms with Gasteiger partial charge in [-0.05, 0) is 19.8 Å². The number of hydrogen-bond acceptors (Lipinski definition) is 3. The zero-order chi connectivity index (χ0) is 10.6. The SMILES string of the molecule is CC(CN=C(NN)NC1CC1)S(C)=O. The van der Waals surface area contributed by atoms with Crippen LogP contribution in [-0.2, 0) is 10.8 Å². The fraction of sp³-hybridized carbons (Fsp3) is 0.875. The van der Waals surface area contributed by atoms with Crippen LogP contribution < -0.4 is 16.6 Å². The van der Waals surface area contributed by atoms with Crippen LogP contribution in [0.4, 0.5) is 0 Å². The molecule has 1 aliphatic carbocycles. The van der Waals surface area contributed by atoms with Crippen molar-refractivity contribution in [2.75, 3.05) is 12.8 Å². The quantitative estimate of drug-likeness (QED) is 0.253. The minimum atomic E-state index is -0.829. The van der Waals surface area contributed by atoms with E-state index in [0.29, 0.717) is 18.5 Å². The van der Waals surface area contributed by atoms with Gasteiger partial charge < -0.3 is 5.32 Å². The highest BCUT2D eigenvalue weighted by Crippen LogP contribution is 2.18. The van der Waals surface area contributed by atoms with Crippen LogP contribution in [0.2, 0.25) is 0 Å². The summed E-state index contributed by atoms with van der Waals surface area (Å²) in [6, 6.07) is 0.521. The first-order valence-electron chi connectivity index (χ1n) is 4.73. The summed E-state index contributed by atoms with van der Waals surface area (Å²) in [5.74, 6) is 5.89. The molecule has 82 valence electrons. The molecule has 4 N–H and O–H groups in total. The highest BCUT2D eigenvalue weighted by Gasteiger charge is 2.22. The normalized spacial score (nSPS) is 21.5. The first-order valence-corrected chi connectivity index (χ1v) is 6.35. The standard InChI is InChI=1S/C8H18N4OS/c1-6(14(2)13)5-10-8(12-9)11-7-3-4-7/h6-7H,3-5,9H2,1-2H3,(H2,10,11,12). The molecule has 0 radical (unpaired) electrons. The minimum absolute atomic E-state index is 0.0688.